The predicted octanol–water partition coefficient (Wildman–Crippen LogP) is 1.83. The van der Waals surface area contributed by atoms with Crippen LogP contribution in [0.5, 0.6) is 0 Å². The van der Waals surface area contributed by atoms with Crippen molar-refractivity contribution in [3.8, 4) is 0 Å². The van der Waals surface area contributed by atoms with Gasteiger partial charge in [-0.2, -0.15) is 0 Å². The molecular formula is C9H8ClFN2O. The fourth-order valence-corrected chi connectivity index (χ4v) is 1.57. The molecule has 1 heterocycles. The van der Waals surface area contributed by atoms with E-state index in [9.17, 15) is 9.18 Å². The average Bonchev–Trinajstić information content (AvgIpc) is 2.57. The van der Waals surface area contributed by atoms with Crippen LogP contribution in [0.3, 0.4) is 0 Å². The number of nitrogens with one attached hydrogen (secondary N) is 2. The second kappa shape index (κ2) is 3.46. The molecule has 3 nitrogen and oxygen atoms in total. The van der Waals surface area contributed by atoms with Gasteiger partial charge in [0, 0.05) is 6.54 Å². The maximum Gasteiger partial charge on any atom is 0.315 e. The zero-order chi connectivity index (χ0) is 10.1. The molecule has 2 rings (SSSR count). The van der Waals surface area contributed by atoms with Crippen LogP contribution in [0, 0.1) is 5.82 Å². The van der Waals surface area contributed by atoms with E-state index in [1.807, 2.05) is 0 Å². The third kappa shape index (κ3) is 1.65. The molecular weight excluding hydrogens is 207 g/mol. The van der Waals surface area contributed by atoms with Gasteiger partial charge in [0.1, 0.15) is 5.82 Å². The zero-order valence-electron chi connectivity index (χ0n) is 7.18. The Morgan fingerprint density at radius 2 is 2.29 bits per heavy atom. The third-order valence-electron chi connectivity index (χ3n) is 2.12. The van der Waals surface area contributed by atoms with E-state index in [1.165, 1.54) is 12.1 Å². The summed E-state index contributed by atoms with van der Waals surface area (Å²) in [5, 5.41) is 5.37. The summed E-state index contributed by atoms with van der Waals surface area (Å²) >= 11 is 5.62. The van der Waals surface area contributed by atoms with Crippen LogP contribution in [0.15, 0.2) is 18.2 Å². The van der Waals surface area contributed by atoms with Crippen LogP contribution in [-0.2, 0) is 0 Å². The van der Waals surface area contributed by atoms with Crippen LogP contribution in [0.4, 0.5) is 9.18 Å². The van der Waals surface area contributed by atoms with Gasteiger partial charge in [-0.05, 0) is 17.7 Å². The Balaban J connectivity index is 2.24. The summed E-state index contributed by atoms with van der Waals surface area (Å²) in [4.78, 5) is 10.8. The van der Waals surface area contributed by atoms with Gasteiger partial charge in [0.2, 0.25) is 0 Å². The van der Waals surface area contributed by atoms with Gasteiger partial charge in [-0.25, -0.2) is 9.18 Å². The van der Waals surface area contributed by atoms with Gasteiger partial charge < -0.3 is 10.6 Å². The summed E-state index contributed by atoms with van der Waals surface area (Å²) in [5.41, 5.74) is 0.801. The lowest BCUT2D eigenvalue weighted by Crippen LogP contribution is -2.21. The van der Waals surface area contributed by atoms with Crippen LogP contribution in [-0.4, -0.2) is 12.6 Å². The lowest BCUT2D eigenvalue weighted by atomic mass is 10.1. The molecule has 0 radical (unpaired) electrons. The van der Waals surface area contributed by atoms with Crippen molar-refractivity contribution in [2.75, 3.05) is 6.54 Å². The van der Waals surface area contributed by atoms with Gasteiger partial charge in [-0.15, -0.1) is 0 Å². The Bertz CT molecular complexity index is 383. The Kier molecular flexibility index (Phi) is 2.29. The minimum Gasteiger partial charge on any atom is -0.336 e. The highest BCUT2D eigenvalue weighted by Gasteiger charge is 2.21. The zero-order valence-corrected chi connectivity index (χ0v) is 7.94. The van der Waals surface area contributed by atoms with Crippen LogP contribution >= 0.6 is 11.6 Å². The summed E-state index contributed by atoms with van der Waals surface area (Å²) in [7, 11) is 0. The highest BCUT2D eigenvalue weighted by molar-refractivity contribution is 6.30. The van der Waals surface area contributed by atoms with Crippen molar-refractivity contribution in [1.29, 1.82) is 0 Å². The highest BCUT2D eigenvalue weighted by Crippen LogP contribution is 2.21. The molecule has 1 aliphatic rings. The Hall–Kier alpha value is -1.29. The van der Waals surface area contributed by atoms with Crippen molar-refractivity contribution in [1.82, 2.24) is 10.6 Å². The first-order valence-electron chi connectivity index (χ1n) is 4.16. The van der Waals surface area contributed by atoms with Gasteiger partial charge in [-0.1, -0.05) is 17.7 Å². The molecule has 1 aromatic carbocycles. The number of hydrogen-bond donors (Lipinski definition) is 2. The van der Waals surface area contributed by atoms with Gasteiger partial charge in [0.25, 0.3) is 0 Å². The fraction of sp³-hybridized carbons (Fsp3) is 0.222. The second-order valence-electron chi connectivity index (χ2n) is 3.08. The molecule has 0 spiro atoms. The molecule has 0 bridgehead atoms. The predicted molar refractivity (Wildman–Crippen MR) is 50.7 cm³/mol. The fourth-order valence-electron chi connectivity index (χ4n) is 1.39. The topological polar surface area (TPSA) is 41.1 Å². The van der Waals surface area contributed by atoms with Crippen molar-refractivity contribution in [2.45, 2.75) is 6.04 Å². The van der Waals surface area contributed by atoms with Gasteiger partial charge in [-0.3, -0.25) is 0 Å². The monoisotopic (exact) mass is 214 g/mol. The van der Waals surface area contributed by atoms with Gasteiger partial charge in [0.05, 0.1) is 11.1 Å². The molecule has 0 unspecified atom stereocenters. The van der Waals surface area contributed by atoms with Crippen LogP contribution in [0.1, 0.15) is 11.6 Å². The number of carbonyl (C=O) groups is 1. The van der Waals surface area contributed by atoms with Crippen LogP contribution in [0.2, 0.25) is 5.02 Å². The van der Waals surface area contributed by atoms with Gasteiger partial charge >= 0.3 is 6.03 Å². The van der Waals surface area contributed by atoms with Crippen LogP contribution in [0.25, 0.3) is 0 Å². The summed E-state index contributed by atoms with van der Waals surface area (Å²) in [5.74, 6) is -0.451. The molecule has 1 atom stereocenters. The maximum absolute atomic E-state index is 12.8. The van der Waals surface area contributed by atoms with Crippen molar-refractivity contribution in [2.24, 2.45) is 0 Å². The average molecular weight is 215 g/mol. The van der Waals surface area contributed by atoms with E-state index in [2.05, 4.69) is 10.6 Å². The SMILES string of the molecule is O=C1NC[C@@H](c2ccc(F)c(Cl)c2)N1. The Labute approximate surface area is 85.3 Å². The molecule has 1 aliphatic heterocycles. The van der Waals surface area contributed by atoms with Gasteiger partial charge in [0.15, 0.2) is 0 Å². The second-order valence-corrected chi connectivity index (χ2v) is 3.49. The summed E-state index contributed by atoms with van der Waals surface area (Å²) in [6.45, 7) is 0.501. The molecule has 1 fully saturated rings. The minimum atomic E-state index is -0.451. The van der Waals surface area contributed by atoms with Crippen LogP contribution < -0.4 is 10.6 Å². The smallest absolute Gasteiger partial charge is 0.315 e. The number of halogens is 2. The first kappa shape index (κ1) is 9.27. The van der Waals surface area contributed by atoms with E-state index in [1.54, 1.807) is 6.07 Å². The van der Waals surface area contributed by atoms with E-state index in [0.717, 1.165) is 5.56 Å². The van der Waals surface area contributed by atoms with E-state index < -0.39 is 5.82 Å². The summed E-state index contributed by atoms with van der Waals surface area (Å²) in [6, 6.07) is 4.09. The molecule has 1 aromatic rings. The van der Waals surface area contributed by atoms with Crippen molar-refractivity contribution >= 4 is 17.6 Å². The number of rotatable bonds is 1. The lowest BCUT2D eigenvalue weighted by molar-refractivity contribution is 0.247. The van der Waals surface area contributed by atoms with E-state index in [0.29, 0.717) is 6.54 Å². The molecule has 0 saturated carbocycles. The maximum atomic E-state index is 12.8. The van der Waals surface area contributed by atoms with Crippen molar-refractivity contribution < 1.29 is 9.18 Å². The Morgan fingerprint density at radius 1 is 1.50 bits per heavy atom. The molecule has 2 amide bonds. The summed E-state index contributed by atoms with van der Waals surface area (Å²) in [6.07, 6.45) is 0. The molecule has 74 valence electrons. The number of carbonyl (C=O) groups excluding carboxylic acids is 1. The number of benzene rings is 1. The van der Waals surface area contributed by atoms with E-state index in [4.69, 9.17) is 11.6 Å². The largest absolute Gasteiger partial charge is 0.336 e. The molecule has 2 N–H and O–H groups in total. The first-order valence-corrected chi connectivity index (χ1v) is 4.54. The standard InChI is InChI=1S/C9H8ClFN2O/c10-6-3-5(1-2-7(6)11)8-4-12-9(14)13-8/h1-3,8H,4H2,(H2,12,13,14)/t8-/m0/s1. The first-order chi connectivity index (χ1) is 6.66. The molecule has 5 heteroatoms. The Morgan fingerprint density at radius 3 is 2.86 bits per heavy atom. The highest BCUT2D eigenvalue weighted by atomic mass is 35.5. The van der Waals surface area contributed by atoms with E-state index >= 15 is 0 Å². The molecule has 1 saturated heterocycles. The number of amides is 2. The third-order valence-corrected chi connectivity index (χ3v) is 2.41. The lowest BCUT2D eigenvalue weighted by Gasteiger charge is -2.08. The molecule has 0 aromatic heterocycles. The quantitative estimate of drug-likeness (QED) is 0.736. The molecule has 0 aliphatic carbocycles. The number of urea groups is 1. The minimum absolute atomic E-state index is 0.0728. The normalized spacial score (nSPS) is 20.4. The number of hydrogen-bond acceptors (Lipinski definition) is 1. The summed E-state index contributed by atoms with van der Waals surface area (Å²) < 4.78 is 12.8. The van der Waals surface area contributed by atoms with Crippen molar-refractivity contribution in [3.05, 3.63) is 34.6 Å². The molecule has 14 heavy (non-hydrogen) atoms. The van der Waals surface area contributed by atoms with Crippen molar-refractivity contribution in [3.63, 3.8) is 0 Å². The van der Waals surface area contributed by atoms with E-state index in [-0.39, 0.29) is 17.1 Å².